The maximum atomic E-state index is 9.83. The first-order valence-corrected chi connectivity index (χ1v) is 7.21. The van der Waals surface area contributed by atoms with Crippen LogP contribution in [0.2, 0.25) is 0 Å². The average molecular weight is 281 g/mol. The fourth-order valence-corrected chi connectivity index (χ4v) is 2.58. The molecule has 0 atom stereocenters. The largest absolute Gasteiger partial charge is 0.508 e. The third-order valence-corrected chi connectivity index (χ3v) is 3.89. The molecule has 2 aromatic carbocycles. The first-order valence-electron chi connectivity index (χ1n) is 7.21. The second-order valence-corrected chi connectivity index (χ2v) is 5.59. The van der Waals surface area contributed by atoms with Gasteiger partial charge in [-0.25, -0.2) is 0 Å². The molecule has 0 aliphatic heterocycles. The molecule has 2 aromatic rings. The summed E-state index contributed by atoms with van der Waals surface area (Å²) < 4.78 is 0. The number of aryl methyl sites for hydroxylation is 3. The molecule has 0 radical (unpaired) electrons. The molecule has 3 nitrogen and oxygen atoms in total. The van der Waals surface area contributed by atoms with Gasteiger partial charge in [0.15, 0.2) is 0 Å². The van der Waals surface area contributed by atoms with Crippen molar-refractivity contribution in [2.75, 3.05) is 0 Å². The molecule has 1 aliphatic rings. The molecule has 108 valence electrons. The Bertz CT molecular complexity index is 687. The van der Waals surface area contributed by atoms with Gasteiger partial charge in [0.05, 0.1) is 5.71 Å². The van der Waals surface area contributed by atoms with E-state index in [0.717, 1.165) is 35.2 Å². The molecule has 0 spiro atoms. The van der Waals surface area contributed by atoms with Crippen molar-refractivity contribution in [2.45, 2.75) is 33.3 Å². The minimum absolute atomic E-state index is 0.321. The van der Waals surface area contributed by atoms with Crippen LogP contribution in [-0.2, 0) is 17.9 Å². The summed E-state index contributed by atoms with van der Waals surface area (Å²) in [7, 11) is 0. The smallest absolute Gasteiger partial charge is 0.142 e. The van der Waals surface area contributed by atoms with Crippen LogP contribution in [-0.4, -0.2) is 10.8 Å². The van der Waals surface area contributed by atoms with E-state index in [0.29, 0.717) is 12.4 Å². The van der Waals surface area contributed by atoms with Crippen molar-refractivity contribution in [3.8, 4) is 5.75 Å². The molecule has 3 heteroatoms. The van der Waals surface area contributed by atoms with Crippen molar-refractivity contribution < 1.29 is 9.94 Å². The van der Waals surface area contributed by atoms with Gasteiger partial charge in [0.2, 0.25) is 0 Å². The summed E-state index contributed by atoms with van der Waals surface area (Å²) in [5.41, 5.74) is 6.43. The van der Waals surface area contributed by atoms with E-state index in [9.17, 15) is 5.11 Å². The molecule has 0 heterocycles. The third-order valence-electron chi connectivity index (χ3n) is 3.89. The van der Waals surface area contributed by atoms with E-state index in [1.54, 1.807) is 6.07 Å². The molecule has 0 aromatic heterocycles. The van der Waals surface area contributed by atoms with Crippen molar-refractivity contribution >= 4 is 5.71 Å². The quantitative estimate of drug-likeness (QED) is 0.868. The van der Waals surface area contributed by atoms with Crippen LogP contribution in [0, 0.1) is 13.8 Å². The van der Waals surface area contributed by atoms with E-state index < -0.39 is 0 Å². The number of hydrogen-bond donors (Lipinski definition) is 1. The van der Waals surface area contributed by atoms with Crippen LogP contribution >= 0.6 is 0 Å². The van der Waals surface area contributed by atoms with Gasteiger partial charge in [-0.1, -0.05) is 41.1 Å². The average Bonchev–Trinajstić information content (AvgIpc) is 2.84. The topological polar surface area (TPSA) is 41.8 Å². The van der Waals surface area contributed by atoms with Gasteiger partial charge in [0.25, 0.3) is 0 Å². The van der Waals surface area contributed by atoms with Crippen LogP contribution in [0.4, 0.5) is 0 Å². The van der Waals surface area contributed by atoms with E-state index in [1.807, 2.05) is 25.1 Å². The molecule has 3 rings (SSSR count). The van der Waals surface area contributed by atoms with Crippen molar-refractivity contribution in [1.82, 2.24) is 0 Å². The summed E-state index contributed by atoms with van der Waals surface area (Å²) in [4.78, 5) is 5.48. The minimum Gasteiger partial charge on any atom is -0.508 e. The molecule has 1 aliphatic carbocycles. The number of phenols is 1. The van der Waals surface area contributed by atoms with E-state index >= 15 is 0 Å². The molecule has 0 saturated carbocycles. The highest BCUT2D eigenvalue weighted by Gasteiger charge is 2.20. The first-order chi connectivity index (χ1) is 10.1. The third kappa shape index (κ3) is 2.92. The van der Waals surface area contributed by atoms with E-state index in [4.69, 9.17) is 4.84 Å². The molecule has 0 bridgehead atoms. The minimum atomic E-state index is 0.321. The highest BCUT2D eigenvalue weighted by molar-refractivity contribution is 6.04. The number of hydrogen-bond acceptors (Lipinski definition) is 3. The number of nitrogens with zero attached hydrogens (tertiary/aromatic N) is 1. The van der Waals surface area contributed by atoms with Gasteiger partial charge in [-0.2, -0.15) is 0 Å². The Morgan fingerprint density at radius 3 is 2.62 bits per heavy atom. The Balaban J connectivity index is 1.72. The monoisotopic (exact) mass is 281 g/mol. The van der Waals surface area contributed by atoms with Crippen molar-refractivity contribution in [1.29, 1.82) is 0 Å². The van der Waals surface area contributed by atoms with Crippen LogP contribution in [0.5, 0.6) is 5.75 Å². The molecular formula is C18H19NO2. The highest BCUT2D eigenvalue weighted by Crippen LogP contribution is 2.29. The Kier molecular flexibility index (Phi) is 3.65. The predicted molar refractivity (Wildman–Crippen MR) is 83.7 cm³/mol. The van der Waals surface area contributed by atoms with Crippen molar-refractivity contribution in [3.63, 3.8) is 0 Å². The zero-order chi connectivity index (χ0) is 14.8. The molecule has 0 amide bonds. The molecule has 1 N–H and O–H groups in total. The Morgan fingerprint density at radius 1 is 1.10 bits per heavy atom. The summed E-state index contributed by atoms with van der Waals surface area (Å²) in [5, 5.41) is 14.1. The molecule has 0 saturated heterocycles. The number of benzene rings is 2. The van der Waals surface area contributed by atoms with Crippen LogP contribution in [0.15, 0.2) is 41.6 Å². The Morgan fingerprint density at radius 2 is 1.86 bits per heavy atom. The van der Waals surface area contributed by atoms with Crippen molar-refractivity contribution in [3.05, 3.63) is 64.2 Å². The van der Waals surface area contributed by atoms with E-state index in [1.165, 1.54) is 11.1 Å². The zero-order valence-corrected chi connectivity index (χ0v) is 12.4. The van der Waals surface area contributed by atoms with Crippen LogP contribution in [0.3, 0.4) is 0 Å². The lowest BCUT2D eigenvalue weighted by Gasteiger charge is -2.05. The van der Waals surface area contributed by atoms with Crippen LogP contribution in [0.1, 0.15) is 34.2 Å². The van der Waals surface area contributed by atoms with Gasteiger partial charge >= 0.3 is 0 Å². The second-order valence-electron chi connectivity index (χ2n) is 5.59. The predicted octanol–water partition coefficient (Wildman–Crippen LogP) is 3.88. The number of aromatic hydroxyl groups is 1. The van der Waals surface area contributed by atoms with Gasteiger partial charge in [-0.05, 0) is 49.4 Å². The Labute approximate surface area is 124 Å². The van der Waals surface area contributed by atoms with Crippen molar-refractivity contribution in [2.24, 2.45) is 5.16 Å². The summed E-state index contributed by atoms with van der Waals surface area (Å²) in [6.07, 6.45) is 1.83. The van der Waals surface area contributed by atoms with Crippen LogP contribution in [0.25, 0.3) is 0 Å². The van der Waals surface area contributed by atoms with E-state index in [-0.39, 0.29) is 0 Å². The lowest BCUT2D eigenvalue weighted by molar-refractivity contribution is 0.130. The maximum absolute atomic E-state index is 9.83. The molecule has 0 unspecified atom stereocenters. The number of phenolic OH excluding ortho intramolecular Hbond substituents is 1. The fraction of sp³-hybridized carbons (Fsp3) is 0.278. The molecule has 0 fully saturated rings. The van der Waals surface area contributed by atoms with Gasteiger partial charge in [-0.3, -0.25) is 0 Å². The summed E-state index contributed by atoms with van der Waals surface area (Å²) in [5.74, 6) is 0.321. The Hall–Kier alpha value is -2.29. The number of fused-ring (bicyclic) bond motifs is 1. The van der Waals surface area contributed by atoms with Gasteiger partial charge in [-0.15, -0.1) is 0 Å². The zero-order valence-electron chi connectivity index (χ0n) is 12.4. The first kappa shape index (κ1) is 13.7. The summed E-state index contributed by atoms with van der Waals surface area (Å²) in [6, 6.07) is 12.1. The fourth-order valence-electron chi connectivity index (χ4n) is 2.58. The number of rotatable bonds is 3. The standard InChI is InChI=1S/C18H19NO2/c1-12-3-5-14(6-4-12)11-21-19-17-8-7-15-9-13(2)18(20)10-16(15)17/h3-6,9-10,20H,7-8,11H2,1-2H3/b19-17+. The van der Waals surface area contributed by atoms with Crippen LogP contribution < -0.4 is 0 Å². The normalized spacial score (nSPS) is 15.2. The second kappa shape index (κ2) is 5.60. The van der Waals surface area contributed by atoms with Gasteiger partial charge < -0.3 is 9.94 Å². The lowest BCUT2D eigenvalue weighted by atomic mass is 10.1. The summed E-state index contributed by atoms with van der Waals surface area (Å²) >= 11 is 0. The van der Waals surface area contributed by atoms with Gasteiger partial charge in [0.1, 0.15) is 12.4 Å². The maximum Gasteiger partial charge on any atom is 0.142 e. The number of oxime groups is 1. The molecule has 21 heavy (non-hydrogen) atoms. The van der Waals surface area contributed by atoms with Gasteiger partial charge in [0, 0.05) is 5.56 Å². The SMILES string of the molecule is Cc1ccc(CO/N=C2\CCc3cc(C)c(O)cc32)cc1. The summed E-state index contributed by atoms with van der Waals surface area (Å²) in [6.45, 7) is 4.45. The lowest BCUT2D eigenvalue weighted by Crippen LogP contribution is -1.97. The molecular weight excluding hydrogens is 262 g/mol. The highest BCUT2D eigenvalue weighted by atomic mass is 16.6. The van der Waals surface area contributed by atoms with E-state index in [2.05, 4.69) is 24.2 Å².